The van der Waals surface area contributed by atoms with Gasteiger partial charge in [-0.05, 0) is 31.7 Å². The summed E-state index contributed by atoms with van der Waals surface area (Å²) in [7, 11) is 3.14. The van der Waals surface area contributed by atoms with Crippen LogP contribution in [-0.2, 0) is 20.6 Å². The van der Waals surface area contributed by atoms with Gasteiger partial charge in [0.05, 0.1) is 6.10 Å². The van der Waals surface area contributed by atoms with Crippen molar-refractivity contribution in [3.8, 4) is 0 Å². The third-order valence-electron chi connectivity index (χ3n) is 3.88. The summed E-state index contributed by atoms with van der Waals surface area (Å²) in [6, 6.07) is 1.48. The summed E-state index contributed by atoms with van der Waals surface area (Å²) in [4.78, 5) is 23.3. The van der Waals surface area contributed by atoms with Gasteiger partial charge >= 0.3 is 5.69 Å². The average Bonchev–Trinajstić information content (AvgIpc) is 2.79. The van der Waals surface area contributed by atoms with Gasteiger partial charge in [-0.1, -0.05) is 0 Å². The lowest BCUT2D eigenvalue weighted by atomic mass is 10.1. The molecule has 1 heterocycles. The van der Waals surface area contributed by atoms with Crippen molar-refractivity contribution in [2.75, 3.05) is 6.54 Å². The highest BCUT2D eigenvalue weighted by molar-refractivity contribution is 5.01. The first kappa shape index (κ1) is 14.0. The molecule has 1 aromatic rings. The predicted octanol–water partition coefficient (Wildman–Crippen LogP) is -0.665. The van der Waals surface area contributed by atoms with Crippen LogP contribution in [-0.4, -0.2) is 26.9 Å². The fourth-order valence-electron chi connectivity index (χ4n) is 2.59. The molecule has 0 bridgehead atoms. The van der Waals surface area contributed by atoms with E-state index in [0.717, 1.165) is 30.4 Å². The maximum Gasteiger partial charge on any atom is 0.330 e. The van der Waals surface area contributed by atoms with Gasteiger partial charge in [0.25, 0.3) is 5.56 Å². The first-order valence-corrected chi connectivity index (χ1v) is 6.63. The Kier molecular flexibility index (Phi) is 4.21. The molecule has 2 atom stereocenters. The lowest BCUT2D eigenvalue weighted by Crippen LogP contribution is -2.39. The second kappa shape index (κ2) is 5.71. The Morgan fingerprint density at radius 2 is 2.05 bits per heavy atom. The van der Waals surface area contributed by atoms with Crippen LogP contribution in [0.3, 0.4) is 0 Å². The van der Waals surface area contributed by atoms with Crippen molar-refractivity contribution in [2.24, 2.45) is 20.0 Å². The minimum Gasteiger partial charge on any atom is -0.393 e. The molecular weight excluding hydrogens is 246 g/mol. The number of hydrogen-bond acceptors (Lipinski definition) is 4. The Balaban J connectivity index is 1.97. The Morgan fingerprint density at radius 1 is 1.32 bits per heavy atom. The van der Waals surface area contributed by atoms with Gasteiger partial charge in [0, 0.05) is 32.4 Å². The van der Waals surface area contributed by atoms with Gasteiger partial charge in [0.2, 0.25) is 0 Å². The van der Waals surface area contributed by atoms with Crippen molar-refractivity contribution < 1.29 is 5.11 Å². The van der Waals surface area contributed by atoms with Crippen molar-refractivity contribution in [3.63, 3.8) is 0 Å². The van der Waals surface area contributed by atoms with E-state index in [1.54, 1.807) is 7.05 Å². The third kappa shape index (κ3) is 3.13. The number of aliphatic hydroxyl groups is 1. The topological polar surface area (TPSA) is 76.3 Å². The highest BCUT2D eigenvalue weighted by Gasteiger charge is 2.22. The molecule has 2 rings (SSSR count). The van der Waals surface area contributed by atoms with Crippen molar-refractivity contribution >= 4 is 0 Å². The van der Waals surface area contributed by atoms with E-state index in [1.807, 2.05) is 0 Å². The van der Waals surface area contributed by atoms with E-state index in [2.05, 4.69) is 5.32 Å². The number of nitrogens with one attached hydrogen (secondary N) is 1. The van der Waals surface area contributed by atoms with Gasteiger partial charge in [-0.25, -0.2) is 4.79 Å². The van der Waals surface area contributed by atoms with Crippen molar-refractivity contribution in [1.82, 2.24) is 14.5 Å². The third-order valence-corrected chi connectivity index (χ3v) is 3.88. The summed E-state index contributed by atoms with van der Waals surface area (Å²) < 4.78 is 2.58. The van der Waals surface area contributed by atoms with Crippen LogP contribution in [0.1, 0.15) is 25.0 Å². The number of nitrogens with zero attached hydrogens (tertiary/aromatic N) is 2. The lowest BCUT2D eigenvalue weighted by molar-refractivity contribution is 0.177. The normalized spacial score (nSPS) is 22.9. The Labute approximate surface area is 111 Å². The number of aromatic nitrogens is 2. The molecule has 0 radical (unpaired) electrons. The zero-order valence-corrected chi connectivity index (χ0v) is 11.4. The molecule has 1 fully saturated rings. The summed E-state index contributed by atoms with van der Waals surface area (Å²) in [6.07, 6.45) is 2.57. The first-order valence-electron chi connectivity index (χ1n) is 6.63. The van der Waals surface area contributed by atoms with Gasteiger partial charge in [0.1, 0.15) is 0 Å². The molecule has 1 aliphatic carbocycles. The minimum atomic E-state index is -0.305. The monoisotopic (exact) mass is 267 g/mol. The summed E-state index contributed by atoms with van der Waals surface area (Å²) in [6.45, 7) is 1.30. The van der Waals surface area contributed by atoms with Gasteiger partial charge < -0.3 is 10.4 Å². The van der Waals surface area contributed by atoms with Crippen LogP contribution >= 0.6 is 0 Å². The molecule has 0 saturated heterocycles. The number of aliphatic hydroxyl groups excluding tert-OH is 1. The summed E-state index contributed by atoms with van der Waals surface area (Å²) >= 11 is 0. The van der Waals surface area contributed by atoms with Crippen LogP contribution < -0.4 is 16.6 Å². The first-order chi connectivity index (χ1) is 8.99. The van der Waals surface area contributed by atoms with Crippen molar-refractivity contribution in [1.29, 1.82) is 0 Å². The second-order valence-electron chi connectivity index (χ2n) is 5.34. The molecule has 0 aromatic carbocycles. The van der Waals surface area contributed by atoms with E-state index < -0.39 is 0 Å². The van der Waals surface area contributed by atoms with Gasteiger partial charge in [-0.3, -0.25) is 13.9 Å². The van der Waals surface area contributed by atoms with Gasteiger partial charge in [0.15, 0.2) is 0 Å². The second-order valence-corrected chi connectivity index (χ2v) is 5.34. The molecule has 6 heteroatoms. The van der Waals surface area contributed by atoms with Gasteiger partial charge in [-0.15, -0.1) is 0 Å². The van der Waals surface area contributed by atoms with Crippen LogP contribution in [0.4, 0.5) is 0 Å². The van der Waals surface area contributed by atoms with Crippen molar-refractivity contribution in [3.05, 3.63) is 32.6 Å². The Bertz CT molecular complexity index is 561. The SMILES string of the molecule is Cn1c(CNCC2CCC(O)C2)cc(=O)n(C)c1=O. The standard InChI is InChI=1S/C13H21N3O3/c1-15-10(6-12(18)16(2)13(15)19)8-14-7-9-3-4-11(17)5-9/h6,9,11,14,17H,3-5,7-8H2,1-2H3. The van der Waals surface area contributed by atoms with E-state index in [-0.39, 0.29) is 17.4 Å². The molecule has 6 nitrogen and oxygen atoms in total. The zero-order valence-electron chi connectivity index (χ0n) is 11.4. The molecular formula is C13H21N3O3. The van der Waals surface area contributed by atoms with Crippen LogP contribution in [0.15, 0.2) is 15.7 Å². The molecule has 0 spiro atoms. The molecule has 0 amide bonds. The number of rotatable bonds is 4. The molecule has 106 valence electrons. The molecule has 1 saturated carbocycles. The van der Waals surface area contributed by atoms with E-state index in [9.17, 15) is 14.7 Å². The molecule has 0 aliphatic heterocycles. The zero-order chi connectivity index (χ0) is 14.0. The Hall–Kier alpha value is -1.40. The van der Waals surface area contributed by atoms with Crippen LogP contribution in [0, 0.1) is 5.92 Å². The fourth-order valence-corrected chi connectivity index (χ4v) is 2.59. The molecule has 19 heavy (non-hydrogen) atoms. The highest BCUT2D eigenvalue weighted by atomic mass is 16.3. The van der Waals surface area contributed by atoms with Crippen LogP contribution in [0.25, 0.3) is 0 Å². The highest BCUT2D eigenvalue weighted by Crippen LogP contribution is 2.24. The number of hydrogen-bond donors (Lipinski definition) is 2. The van der Waals surface area contributed by atoms with E-state index >= 15 is 0 Å². The van der Waals surface area contributed by atoms with E-state index in [1.165, 1.54) is 17.7 Å². The minimum absolute atomic E-state index is 0.167. The molecule has 2 unspecified atom stereocenters. The molecule has 1 aromatic heterocycles. The Morgan fingerprint density at radius 3 is 2.68 bits per heavy atom. The quantitative estimate of drug-likeness (QED) is 0.759. The molecule has 2 N–H and O–H groups in total. The summed E-state index contributed by atoms with van der Waals surface area (Å²) in [5.74, 6) is 0.485. The van der Waals surface area contributed by atoms with Gasteiger partial charge in [-0.2, -0.15) is 0 Å². The molecule has 1 aliphatic rings. The van der Waals surface area contributed by atoms with E-state index in [4.69, 9.17) is 0 Å². The lowest BCUT2D eigenvalue weighted by Gasteiger charge is -2.13. The predicted molar refractivity (Wildman–Crippen MR) is 72.0 cm³/mol. The maximum absolute atomic E-state index is 11.7. The largest absolute Gasteiger partial charge is 0.393 e. The smallest absolute Gasteiger partial charge is 0.330 e. The van der Waals surface area contributed by atoms with Crippen LogP contribution in [0.2, 0.25) is 0 Å². The maximum atomic E-state index is 11.7. The van der Waals surface area contributed by atoms with Crippen LogP contribution in [0.5, 0.6) is 0 Å². The summed E-state index contributed by atoms with van der Waals surface area (Å²) in [5, 5.41) is 12.7. The average molecular weight is 267 g/mol. The van der Waals surface area contributed by atoms with Crippen molar-refractivity contribution in [2.45, 2.75) is 31.9 Å². The summed E-state index contributed by atoms with van der Waals surface area (Å²) in [5.41, 5.74) is 0.100. The van der Waals surface area contributed by atoms with E-state index in [0.29, 0.717) is 18.2 Å². The fraction of sp³-hybridized carbons (Fsp3) is 0.692.